The summed E-state index contributed by atoms with van der Waals surface area (Å²) in [6.07, 6.45) is -0.889. The molecule has 9 heteroatoms. The second-order valence-corrected chi connectivity index (χ2v) is 4.14. The Bertz CT molecular complexity index is 625. The lowest BCUT2D eigenvalue weighted by Crippen LogP contribution is -2.03. The number of aliphatic hydroxyl groups excluding tert-OH is 1. The first-order valence-corrected chi connectivity index (χ1v) is 5.79. The number of nitrogens with zero attached hydrogens (tertiary/aromatic N) is 5. The third-order valence-corrected chi connectivity index (χ3v) is 2.56. The number of aliphatic hydroxyl groups is 1. The van der Waals surface area contributed by atoms with Gasteiger partial charge in [0.25, 0.3) is 5.69 Å². The summed E-state index contributed by atoms with van der Waals surface area (Å²) in [5.74, 6) is 0.723. The molecule has 0 amide bonds. The van der Waals surface area contributed by atoms with E-state index in [-0.39, 0.29) is 12.3 Å². The van der Waals surface area contributed by atoms with Crippen molar-refractivity contribution in [1.29, 1.82) is 0 Å². The molecule has 0 radical (unpaired) electrons. The molecule has 9 nitrogen and oxygen atoms in total. The zero-order chi connectivity index (χ0) is 14.7. The molecule has 0 saturated carbocycles. The van der Waals surface area contributed by atoms with Gasteiger partial charge in [-0.05, 0) is 18.2 Å². The van der Waals surface area contributed by atoms with Gasteiger partial charge in [0.2, 0.25) is 5.82 Å². The minimum absolute atomic E-state index is 0.0609. The highest BCUT2D eigenvalue weighted by atomic mass is 16.6. The molecule has 2 aromatic rings. The van der Waals surface area contributed by atoms with Gasteiger partial charge in [-0.25, -0.2) is 0 Å². The SMILES string of the molecule is C[C@H](O)c1cc([N+](=O)[O-])ccc1OCc1nnn(C)n1. The van der Waals surface area contributed by atoms with E-state index in [2.05, 4.69) is 15.4 Å². The summed E-state index contributed by atoms with van der Waals surface area (Å²) in [6.45, 7) is 1.57. The first kappa shape index (κ1) is 13.9. The third-order valence-electron chi connectivity index (χ3n) is 2.56. The molecule has 1 N–H and O–H groups in total. The summed E-state index contributed by atoms with van der Waals surface area (Å²) >= 11 is 0. The molecule has 1 aromatic heterocycles. The molecule has 0 bridgehead atoms. The Morgan fingerprint density at radius 3 is 2.85 bits per heavy atom. The van der Waals surface area contributed by atoms with Crippen molar-refractivity contribution in [2.45, 2.75) is 19.6 Å². The number of nitro benzene ring substituents is 1. The van der Waals surface area contributed by atoms with Crippen molar-refractivity contribution >= 4 is 5.69 Å². The van der Waals surface area contributed by atoms with Gasteiger partial charge in [0.15, 0.2) is 6.61 Å². The standard InChI is InChI=1S/C11H13N5O4/c1-7(17)9-5-8(16(18)19)3-4-10(9)20-6-11-12-14-15(2)13-11/h3-5,7,17H,6H2,1-2H3/t7-/m0/s1. The number of non-ortho nitro benzene ring substituents is 1. The average Bonchev–Trinajstić information content (AvgIpc) is 2.81. The molecular formula is C11H13N5O4. The lowest BCUT2D eigenvalue weighted by atomic mass is 10.1. The van der Waals surface area contributed by atoms with E-state index in [4.69, 9.17) is 4.74 Å². The third kappa shape index (κ3) is 3.06. The van der Waals surface area contributed by atoms with Crippen LogP contribution in [-0.4, -0.2) is 30.2 Å². The van der Waals surface area contributed by atoms with Crippen LogP contribution in [0.15, 0.2) is 18.2 Å². The van der Waals surface area contributed by atoms with Crippen LogP contribution in [0.2, 0.25) is 0 Å². The van der Waals surface area contributed by atoms with Gasteiger partial charge in [0.1, 0.15) is 5.75 Å². The molecule has 0 fully saturated rings. The molecule has 2 rings (SSSR count). The lowest BCUT2D eigenvalue weighted by molar-refractivity contribution is -0.385. The van der Waals surface area contributed by atoms with Crippen molar-refractivity contribution in [3.63, 3.8) is 0 Å². The molecule has 0 saturated heterocycles. The van der Waals surface area contributed by atoms with E-state index in [0.717, 1.165) is 0 Å². The molecule has 1 heterocycles. The number of rotatable bonds is 5. The largest absolute Gasteiger partial charge is 0.485 e. The van der Waals surface area contributed by atoms with E-state index in [1.165, 1.54) is 29.9 Å². The van der Waals surface area contributed by atoms with Crippen LogP contribution in [0.25, 0.3) is 0 Å². The van der Waals surface area contributed by atoms with E-state index >= 15 is 0 Å². The normalized spacial score (nSPS) is 12.2. The zero-order valence-electron chi connectivity index (χ0n) is 10.9. The topological polar surface area (TPSA) is 116 Å². The second kappa shape index (κ2) is 5.61. The maximum absolute atomic E-state index is 10.7. The zero-order valence-corrected chi connectivity index (χ0v) is 10.9. The van der Waals surface area contributed by atoms with Crippen LogP contribution < -0.4 is 4.74 Å². The minimum Gasteiger partial charge on any atom is -0.485 e. The van der Waals surface area contributed by atoms with E-state index in [1.54, 1.807) is 7.05 Å². The van der Waals surface area contributed by atoms with Gasteiger partial charge in [0, 0.05) is 17.7 Å². The van der Waals surface area contributed by atoms with Crippen LogP contribution in [0.4, 0.5) is 5.69 Å². The Kier molecular flexibility index (Phi) is 3.89. The molecule has 0 unspecified atom stereocenters. The van der Waals surface area contributed by atoms with Crippen molar-refractivity contribution in [2.75, 3.05) is 0 Å². The van der Waals surface area contributed by atoms with Crippen molar-refractivity contribution in [3.05, 3.63) is 39.7 Å². The van der Waals surface area contributed by atoms with E-state index in [1.807, 2.05) is 0 Å². The van der Waals surface area contributed by atoms with Crippen LogP contribution in [0.3, 0.4) is 0 Å². The summed E-state index contributed by atoms with van der Waals surface area (Å²) in [4.78, 5) is 11.5. The van der Waals surface area contributed by atoms with Gasteiger partial charge in [-0.15, -0.1) is 10.2 Å². The predicted octanol–water partition coefficient (Wildman–Crippen LogP) is 0.751. The van der Waals surface area contributed by atoms with Gasteiger partial charge in [-0.1, -0.05) is 0 Å². The number of nitro groups is 1. The van der Waals surface area contributed by atoms with Gasteiger partial charge in [-0.3, -0.25) is 10.1 Å². The fraction of sp³-hybridized carbons (Fsp3) is 0.364. The number of ether oxygens (including phenoxy) is 1. The van der Waals surface area contributed by atoms with Crippen molar-refractivity contribution < 1.29 is 14.8 Å². The summed E-state index contributed by atoms with van der Waals surface area (Å²) in [6, 6.07) is 4.03. The molecule has 1 atom stereocenters. The molecule has 0 aliphatic rings. The maximum atomic E-state index is 10.7. The highest BCUT2D eigenvalue weighted by Gasteiger charge is 2.16. The van der Waals surface area contributed by atoms with Crippen LogP contribution >= 0.6 is 0 Å². The van der Waals surface area contributed by atoms with Crippen molar-refractivity contribution in [3.8, 4) is 5.75 Å². The van der Waals surface area contributed by atoms with E-state index in [9.17, 15) is 15.2 Å². The monoisotopic (exact) mass is 279 g/mol. The average molecular weight is 279 g/mol. The van der Waals surface area contributed by atoms with Gasteiger partial charge in [-0.2, -0.15) is 4.80 Å². The molecule has 0 spiro atoms. The molecule has 0 aliphatic carbocycles. The number of aryl methyl sites for hydroxylation is 1. The fourth-order valence-corrected chi connectivity index (χ4v) is 1.63. The number of tetrazole rings is 1. The quantitative estimate of drug-likeness (QED) is 0.634. The van der Waals surface area contributed by atoms with Crippen molar-refractivity contribution in [1.82, 2.24) is 20.2 Å². The smallest absolute Gasteiger partial charge is 0.270 e. The molecule has 106 valence electrons. The Morgan fingerprint density at radius 2 is 2.30 bits per heavy atom. The first-order valence-electron chi connectivity index (χ1n) is 5.79. The number of benzene rings is 1. The Morgan fingerprint density at radius 1 is 1.55 bits per heavy atom. The fourth-order valence-electron chi connectivity index (χ4n) is 1.63. The van der Waals surface area contributed by atoms with Gasteiger partial charge >= 0.3 is 0 Å². The van der Waals surface area contributed by atoms with E-state index < -0.39 is 11.0 Å². The van der Waals surface area contributed by atoms with Crippen LogP contribution in [-0.2, 0) is 13.7 Å². The van der Waals surface area contributed by atoms with Crippen LogP contribution in [0.5, 0.6) is 5.75 Å². The number of hydrogen-bond acceptors (Lipinski definition) is 7. The first-order chi connectivity index (χ1) is 9.47. The minimum atomic E-state index is -0.889. The highest BCUT2D eigenvalue weighted by Crippen LogP contribution is 2.29. The Hall–Kier alpha value is -2.55. The summed E-state index contributed by atoms with van der Waals surface area (Å²) in [5, 5.41) is 31.7. The van der Waals surface area contributed by atoms with Gasteiger partial charge in [0.05, 0.1) is 18.1 Å². The second-order valence-electron chi connectivity index (χ2n) is 4.14. The number of hydrogen-bond donors (Lipinski definition) is 1. The lowest BCUT2D eigenvalue weighted by Gasteiger charge is -2.12. The maximum Gasteiger partial charge on any atom is 0.270 e. The van der Waals surface area contributed by atoms with Gasteiger partial charge < -0.3 is 9.84 Å². The summed E-state index contributed by atoms with van der Waals surface area (Å²) in [5.41, 5.74) is 0.231. The molecule has 0 aliphatic heterocycles. The predicted molar refractivity (Wildman–Crippen MR) is 66.9 cm³/mol. The van der Waals surface area contributed by atoms with Crippen LogP contribution in [0.1, 0.15) is 24.4 Å². The summed E-state index contributed by atoms with van der Waals surface area (Å²) < 4.78 is 5.47. The van der Waals surface area contributed by atoms with E-state index in [0.29, 0.717) is 17.1 Å². The molecular weight excluding hydrogens is 266 g/mol. The van der Waals surface area contributed by atoms with Crippen LogP contribution in [0, 0.1) is 10.1 Å². The Labute approximate surface area is 113 Å². The highest BCUT2D eigenvalue weighted by molar-refractivity contribution is 5.44. The molecule has 20 heavy (non-hydrogen) atoms. The van der Waals surface area contributed by atoms with Crippen molar-refractivity contribution in [2.24, 2.45) is 7.05 Å². The Balaban J connectivity index is 2.20. The summed E-state index contributed by atoms with van der Waals surface area (Å²) in [7, 11) is 1.63. The number of aromatic nitrogens is 4. The molecule has 1 aromatic carbocycles.